The number of rotatable bonds is 4. The number of ether oxygens (including phenoxy) is 1. The van der Waals surface area contributed by atoms with Crippen LogP contribution in [0.25, 0.3) is 11.2 Å². The van der Waals surface area contributed by atoms with Crippen LogP contribution in [0.15, 0.2) is 9.95 Å². The van der Waals surface area contributed by atoms with Crippen LogP contribution in [0.5, 0.6) is 0 Å². The van der Waals surface area contributed by atoms with Crippen molar-refractivity contribution in [2.75, 3.05) is 18.1 Å². The fourth-order valence-electron chi connectivity index (χ4n) is 3.06. The van der Waals surface area contributed by atoms with Crippen molar-refractivity contribution in [3.8, 4) is 0 Å². The van der Waals surface area contributed by atoms with Crippen LogP contribution >= 0.6 is 19.9 Å². The van der Waals surface area contributed by atoms with Crippen LogP contribution in [0.2, 0.25) is 0 Å². The van der Waals surface area contributed by atoms with Crippen molar-refractivity contribution in [3.05, 3.63) is 10.4 Å². The van der Waals surface area contributed by atoms with Crippen molar-refractivity contribution in [1.29, 1.82) is 0 Å². The molecule has 2 aliphatic heterocycles. The number of H-pyrrole nitrogens is 1. The predicted molar refractivity (Wildman–Crippen MR) is 96.0 cm³/mol. The van der Waals surface area contributed by atoms with Crippen molar-refractivity contribution in [2.45, 2.75) is 29.7 Å². The number of anilines is 1. The Balaban J connectivity index is 1.79. The topological polar surface area (TPSA) is 221 Å². The molecule has 0 spiro atoms. The van der Waals surface area contributed by atoms with Gasteiger partial charge in [0.2, 0.25) is 0 Å². The Morgan fingerprint density at radius 3 is 2.89 bits per heavy atom. The Morgan fingerprint density at radius 1 is 1.43 bits per heavy atom. The van der Waals surface area contributed by atoms with Gasteiger partial charge in [-0.05, 0) is 0 Å². The van der Waals surface area contributed by atoms with Crippen LogP contribution in [-0.2, 0) is 18.6 Å². The van der Waals surface area contributed by atoms with E-state index in [9.17, 15) is 24.5 Å². The van der Waals surface area contributed by atoms with Gasteiger partial charge < -0.3 is 0 Å². The first-order chi connectivity index (χ1) is 13.2. The van der Waals surface area contributed by atoms with Crippen molar-refractivity contribution in [2.24, 2.45) is 5.73 Å². The van der Waals surface area contributed by atoms with E-state index >= 15 is 0 Å². The van der Waals surface area contributed by atoms with Gasteiger partial charge in [-0.25, -0.2) is 0 Å². The number of hydrogen-bond acceptors (Lipinski definition) is 12. The molecular formula is C12H17N6O8PS. The van der Waals surface area contributed by atoms with Gasteiger partial charge in [0.15, 0.2) is 0 Å². The molecule has 4 heterocycles. The standard InChI is InChI=1S/C12H17N6O8PS/c13-4(19)2-28-12-15-5-8(16-11(14)17-9(5)21)18(12)10-6(20)7-3(25-10)1-24-27(22,23)26-7/h3,6-7,10,20,22-23,27H,1-2H2,(H2,13,19)(H3,14,16,17,21)/t3?,6?,7-,10-/m1/s1. The SMILES string of the molecule is NC(=O)CSc1nc2c(=O)[nH]c(N)nc2n1[C@@H]1OC2CO[PH](O)(O)O[C@H]2C1O. The third-order valence-corrected chi connectivity index (χ3v) is 6.27. The average Bonchev–Trinajstić information content (AvgIpc) is 3.10. The predicted octanol–water partition coefficient (Wildman–Crippen LogP) is -2.65. The van der Waals surface area contributed by atoms with Crippen molar-refractivity contribution < 1.29 is 33.5 Å². The van der Waals surface area contributed by atoms with E-state index in [4.69, 9.17) is 25.3 Å². The maximum atomic E-state index is 12.2. The minimum atomic E-state index is -4.37. The van der Waals surface area contributed by atoms with Gasteiger partial charge in [0.25, 0.3) is 0 Å². The number of nitrogens with one attached hydrogen (secondary N) is 1. The van der Waals surface area contributed by atoms with Gasteiger partial charge in [-0.3, -0.25) is 0 Å². The maximum absolute atomic E-state index is 12.2. The van der Waals surface area contributed by atoms with E-state index in [-0.39, 0.29) is 34.6 Å². The summed E-state index contributed by atoms with van der Waals surface area (Å²) in [5.41, 5.74) is 10.1. The molecule has 2 unspecified atom stereocenters. The van der Waals surface area contributed by atoms with Crippen LogP contribution in [0, 0.1) is 0 Å². The summed E-state index contributed by atoms with van der Waals surface area (Å²) in [5, 5.41) is 10.8. The number of carbonyl (C=O) groups excluding carboxylic acids is 1. The molecule has 154 valence electrons. The zero-order valence-corrected chi connectivity index (χ0v) is 15.8. The van der Waals surface area contributed by atoms with Gasteiger partial charge in [0, 0.05) is 0 Å². The van der Waals surface area contributed by atoms with Crippen molar-refractivity contribution in [1.82, 2.24) is 19.5 Å². The number of nitrogens with two attached hydrogens (primary N) is 2. The average molecular weight is 436 g/mol. The Morgan fingerprint density at radius 2 is 2.18 bits per heavy atom. The van der Waals surface area contributed by atoms with E-state index in [2.05, 4.69) is 15.0 Å². The number of aromatic amines is 1. The summed E-state index contributed by atoms with van der Waals surface area (Å²) in [6.45, 7) is -0.218. The molecule has 14 nitrogen and oxygen atoms in total. The molecule has 2 aromatic heterocycles. The monoisotopic (exact) mass is 436 g/mol. The molecule has 1 amide bonds. The molecule has 28 heavy (non-hydrogen) atoms. The molecule has 8 N–H and O–H groups in total. The minimum absolute atomic E-state index is 0.00772. The number of carbonyl (C=O) groups is 1. The number of nitrogens with zero attached hydrogens (tertiary/aromatic N) is 3. The molecule has 16 heteroatoms. The first-order valence-corrected chi connectivity index (χ1v) is 10.6. The number of fused-ring (bicyclic) bond motifs is 2. The van der Waals surface area contributed by atoms with Crippen LogP contribution < -0.4 is 17.0 Å². The van der Waals surface area contributed by atoms with E-state index in [1.54, 1.807) is 0 Å². The molecule has 0 aromatic carbocycles. The third kappa shape index (κ3) is 3.35. The summed E-state index contributed by atoms with van der Waals surface area (Å²) in [6.07, 6.45) is -4.46. The number of nitrogen functional groups attached to an aromatic ring is 1. The molecule has 0 saturated carbocycles. The number of hydrogen-bond donors (Lipinski definition) is 6. The molecular weight excluding hydrogens is 419 g/mol. The molecule has 0 radical (unpaired) electrons. The van der Waals surface area contributed by atoms with E-state index in [0.717, 1.165) is 11.8 Å². The van der Waals surface area contributed by atoms with Gasteiger partial charge in [-0.15, -0.1) is 0 Å². The van der Waals surface area contributed by atoms with Crippen molar-refractivity contribution >= 4 is 43.0 Å². The zero-order chi connectivity index (χ0) is 20.2. The van der Waals surface area contributed by atoms with Gasteiger partial charge in [-0.1, -0.05) is 0 Å². The molecule has 4 rings (SSSR count). The zero-order valence-electron chi connectivity index (χ0n) is 14.0. The molecule has 2 saturated heterocycles. The molecule has 2 fully saturated rings. The van der Waals surface area contributed by atoms with E-state index in [0.29, 0.717) is 0 Å². The Bertz CT molecular complexity index is 996. The van der Waals surface area contributed by atoms with Gasteiger partial charge in [0.1, 0.15) is 0 Å². The normalized spacial score (nSPS) is 30.2. The third-order valence-electron chi connectivity index (χ3n) is 4.17. The first-order valence-electron chi connectivity index (χ1n) is 7.95. The number of amides is 1. The molecule has 0 bridgehead atoms. The fourth-order valence-corrected chi connectivity index (χ4v) is 4.91. The van der Waals surface area contributed by atoms with E-state index in [1.165, 1.54) is 4.57 Å². The summed E-state index contributed by atoms with van der Waals surface area (Å²) in [7, 11) is -4.37. The molecule has 0 aliphatic carbocycles. The second kappa shape index (κ2) is 6.89. The summed E-state index contributed by atoms with van der Waals surface area (Å²) in [4.78, 5) is 53.1. The van der Waals surface area contributed by atoms with Crippen molar-refractivity contribution in [3.63, 3.8) is 0 Å². The summed E-state index contributed by atoms with van der Waals surface area (Å²) in [6, 6.07) is 0. The summed E-state index contributed by atoms with van der Waals surface area (Å²) in [5.74, 6) is -0.971. The number of thioether (sulfide) groups is 1. The van der Waals surface area contributed by atoms with Gasteiger partial charge >= 0.3 is 160 Å². The van der Waals surface area contributed by atoms with E-state index < -0.39 is 44.2 Å². The van der Waals surface area contributed by atoms with Crippen LogP contribution in [0.3, 0.4) is 0 Å². The number of imidazole rings is 1. The Hall–Kier alpha value is -1.84. The second-order valence-electron chi connectivity index (χ2n) is 6.14. The fraction of sp³-hybridized carbons (Fsp3) is 0.500. The molecule has 2 aromatic rings. The van der Waals surface area contributed by atoms with Gasteiger partial charge in [0.05, 0.1) is 0 Å². The van der Waals surface area contributed by atoms with Crippen LogP contribution in [0.1, 0.15) is 6.23 Å². The number of aliphatic hydroxyl groups excluding tert-OH is 1. The number of aliphatic hydroxyl groups is 1. The van der Waals surface area contributed by atoms with Gasteiger partial charge in [-0.2, -0.15) is 0 Å². The summed E-state index contributed by atoms with van der Waals surface area (Å²) >= 11 is 0.908. The number of primary amides is 1. The van der Waals surface area contributed by atoms with Crippen LogP contribution in [0.4, 0.5) is 5.95 Å². The summed E-state index contributed by atoms with van der Waals surface area (Å²) < 4.78 is 16.9. The quantitative estimate of drug-likeness (QED) is 0.214. The Kier molecular flexibility index (Phi) is 4.79. The molecule has 2 aliphatic rings. The first kappa shape index (κ1) is 19.5. The Labute approximate surface area is 160 Å². The van der Waals surface area contributed by atoms with Crippen LogP contribution in [-0.4, -0.2) is 71.0 Å². The molecule has 4 atom stereocenters. The van der Waals surface area contributed by atoms with E-state index in [1.807, 2.05) is 0 Å². The second-order valence-corrected chi connectivity index (χ2v) is 8.70. The number of aromatic nitrogens is 4.